The number of amides is 2. The van der Waals surface area contributed by atoms with Gasteiger partial charge in [0.2, 0.25) is 5.91 Å². The molecular weight excluding hydrogens is 461 g/mol. The SMILES string of the molecule is N#C/C(C(=O)Nc1ccccc1F)=C1\S[C@H](Cc2ccc(Cl)cc2)C(=O)N1c1ccccc1. The van der Waals surface area contributed by atoms with E-state index in [0.717, 1.165) is 17.3 Å². The molecule has 164 valence electrons. The van der Waals surface area contributed by atoms with Gasteiger partial charge >= 0.3 is 0 Å². The van der Waals surface area contributed by atoms with Crippen LogP contribution >= 0.6 is 23.4 Å². The fourth-order valence-electron chi connectivity index (χ4n) is 3.38. The van der Waals surface area contributed by atoms with Gasteiger partial charge in [0.1, 0.15) is 22.5 Å². The number of para-hydroxylation sites is 2. The number of thioether (sulfide) groups is 1. The van der Waals surface area contributed by atoms with Crippen molar-refractivity contribution in [3.05, 3.63) is 106 Å². The Hall–Kier alpha value is -3.60. The molecular formula is C25H17ClFN3O2S. The van der Waals surface area contributed by atoms with Gasteiger partial charge in [-0.15, -0.1) is 0 Å². The minimum absolute atomic E-state index is 0.0471. The summed E-state index contributed by atoms with van der Waals surface area (Å²) in [5.41, 5.74) is 1.12. The zero-order valence-electron chi connectivity index (χ0n) is 17.2. The number of rotatable bonds is 5. The number of nitriles is 1. The molecule has 1 heterocycles. The van der Waals surface area contributed by atoms with Gasteiger partial charge in [0.15, 0.2) is 0 Å². The predicted octanol–water partition coefficient (Wildman–Crippen LogP) is 5.54. The highest BCUT2D eigenvalue weighted by atomic mass is 35.5. The van der Waals surface area contributed by atoms with Crippen molar-refractivity contribution in [2.75, 3.05) is 10.2 Å². The molecule has 0 saturated carbocycles. The molecule has 33 heavy (non-hydrogen) atoms. The van der Waals surface area contributed by atoms with Crippen LogP contribution in [0.3, 0.4) is 0 Å². The zero-order chi connectivity index (χ0) is 23.4. The van der Waals surface area contributed by atoms with E-state index < -0.39 is 17.0 Å². The van der Waals surface area contributed by atoms with Crippen LogP contribution < -0.4 is 10.2 Å². The summed E-state index contributed by atoms with van der Waals surface area (Å²) in [6, 6.07) is 23.5. The van der Waals surface area contributed by atoms with Crippen LogP contribution in [0.25, 0.3) is 0 Å². The van der Waals surface area contributed by atoms with Crippen molar-refractivity contribution in [1.29, 1.82) is 5.26 Å². The highest BCUT2D eigenvalue weighted by molar-refractivity contribution is 8.05. The van der Waals surface area contributed by atoms with E-state index in [1.807, 2.05) is 24.3 Å². The average molecular weight is 478 g/mol. The van der Waals surface area contributed by atoms with E-state index in [1.54, 1.807) is 42.5 Å². The summed E-state index contributed by atoms with van der Waals surface area (Å²) >= 11 is 7.10. The van der Waals surface area contributed by atoms with E-state index in [2.05, 4.69) is 5.32 Å². The van der Waals surface area contributed by atoms with Crippen LogP contribution in [0.5, 0.6) is 0 Å². The molecule has 1 atom stereocenters. The topological polar surface area (TPSA) is 73.2 Å². The van der Waals surface area contributed by atoms with Crippen molar-refractivity contribution < 1.29 is 14.0 Å². The molecule has 1 fully saturated rings. The number of nitrogens with one attached hydrogen (secondary N) is 1. The molecule has 0 spiro atoms. The molecule has 3 aromatic rings. The maximum atomic E-state index is 14.0. The number of carbonyl (C=O) groups excluding carboxylic acids is 2. The number of carbonyl (C=O) groups is 2. The smallest absolute Gasteiger partial charge is 0.269 e. The first-order valence-corrected chi connectivity index (χ1v) is 11.2. The maximum Gasteiger partial charge on any atom is 0.269 e. The van der Waals surface area contributed by atoms with E-state index in [0.29, 0.717) is 17.1 Å². The number of anilines is 2. The van der Waals surface area contributed by atoms with Crippen molar-refractivity contribution >= 4 is 46.6 Å². The van der Waals surface area contributed by atoms with Crippen LogP contribution in [-0.4, -0.2) is 17.1 Å². The summed E-state index contributed by atoms with van der Waals surface area (Å²) < 4.78 is 14.0. The number of nitrogens with zero attached hydrogens (tertiary/aromatic N) is 2. The summed E-state index contributed by atoms with van der Waals surface area (Å²) in [7, 11) is 0. The second-order valence-corrected chi connectivity index (χ2v) is 8.80. The molecule has 5 nitrogen and oxygen atoms in total. The first-order valence-electron chi connectivity index (χ1n) is 9.98. The largest absolute Gasteiger partial charge is 0.319 e. The van der Waals surface area contributed by atoms with Crippen LogP contribution in [0.2, 0.25) is 5.02 Å². The number of hydrogen-bond donors (Lipinski definition) is 1. The molecule has 3 aromatic carbocycles. The van der Waals surface area contributed by atoms with Crippen molar-refractivity contribution in [1.82, 2.24) is 0 Å². The third kappa shape index (κ3) is 4.92. The second-order valence-electron chi connectivity index (χ2n) is 7.17. The van der Waals surface area contributed by atoms with Crippen LogP contribution in [0.4, 0.5) is 15.8 Å². The quantitative estimate of drug-likeness (QED) is 0.386. The van der Waals surface area contributed by atoms with Crippen molar-refractivity contribution in [3.63, 3.8) is 0 Å². The summed E-state index contributed by atoms with van der Waals surface area (Å²) in [4.78, 5) is 27.7. The Morgan fingerprint density at radius 1 is 1.06 bits per heavy atom. The summed E-state index contributed by atoms with van der Waals surface area (Å²) in [5, 5.41) is 12.5. The molecule has 1 aliphatic rings. The van der Waals surface area contributed by atoms with E-state index in [4.69, 9.17) is 11.6 Å². The molecule has 0 aromatic heterocycles. The molecule has 4 rings (SSSR count). The summed E-state index contributed by atoms with van der Waals surface area (Å²) in [6.45, 7) is 0. The predicted molar refractivity (Wildman–Crippen MR) is 128 cm³/mol. The average Bonchev–Trinajstić information content (AvgIpc) is 3.13. The highest BCUT2D eigenvalue weighted by Crippen LogP contribution is 2.42. The van der Waals surface area contributed by atoms with Gasteiger partial charge in [-0.2, -0.15) is 5.26 Å². The normalized spacial score (nSPS) is 16.9. The van der Waals surface area contributed by atoms with Gasteiger partial charge in [0.05, 0.1) is 10.9 Å². The lowest BCUT2D eigenvalue weighted by Gasteiger charge is -2.18. The Morgan fingerprint density at radius 2 is 1.73 bits per heavy atom. The lowest BCUT2D eigenvalue weighted by atomic mass is 10.1. The zero-order valence-corrected chi connectivity index (χ0v) is 18.7. The Labute approximate surface area is 199 Å². The molecule has 1 N–H and O–H groups in total. The van der Waals surface area contributed by atoms with Gasteiger partial charge in [0.25, 0.3) is 5.91 Å². The fraction of sp³-hybridized carbons (Fsp3) is 0.0800. The fourth-order valence-corrected chi connectivity index (χ4v) is 4.82. The van der Waals surface area contributed by atoms with Crippen LogP contribution in [-0.2, 0) is 16.0 Å². The van der Waals surface area contributed by atoms with Crippen LogP contribution in [0, 0.1) is 17.1 Å². The molecule has 2 amide bonds. The third-order valence-electron chi connectivity index (χ3n) is 4.98. The first kappa shape index (κ1) is 22.6. The van der Waals surface area contributed by atoms with E-state index >= 15 is 0 Å². The van der Waals surface area contributed by atoms with Gasteiger partial charge in [-0.25, -0.2) is 4.39 Å². The standard InChI is InChI=1S/C25H17ClFN3O2S/c26-17-12-10-16(11-13-17)14-22-24(32)30(18-6-2-1-3-7-18)25(33-22)19(15-28)23(31)29-21-9-5-4-8-20(21)27/h1-13,22H,14H2,(H,29,31)/b25-19+/t22-/m1/s1. The lowest BCUT2D eigenvalue weighted by molar-refractivity contribution is -0.117. The third-order valence-corrected chi connectivity index (χ3v) is 6.49. The Bertz CT molecular complexity index is 1270. The monoisotopic (exact) mass is 477 g/mol. The van der Waals surface area contributed by atoms with E-state index in [9.17, 15) is 19.2 Å². The van der Waals surface area contributed by atoms with Gasteiger partial charge in [0, 0.05) is 10.7 Å². The molecule has 8 heteroatoms. The van der Waals surface area contributed by atoms with Gasteiger partial charge in [-0.3, -0.25) is 14.5 Å². The second kappa shape index (κ2) is 9.90. The Kier molecular flexibility index (Phi) is 6.78. The van der Waals surface area contributed by atoms with Crippen molar-refractivity contribution in [2.45, 2.75) is 11.7 Å². The molecule has 0 bridgehead atoms. The molecule has 0 aliphatic carbocycles. The number of halogens is 2. The lowest BCUT2D eigenvalue weighted by Crippen LogP contribution is -2.30. The van der Waals surface area contributed by atoms with Gasteiger partial charge in [-0.1, -0.05) is 65.8 Å². The summed E-state index contributed by atoms with van der Waals surface area (Å²) in [5.74, 6) is -1.66. The minimum Gasteiger partial charge on any atom is -0.319 e. The van der Waals surface area contributed by atoms with Crippen molar-refractivity contribution in [3.8, 4) is 6.07 Å². The Balaban J connectivity index is 1.72. The van der Waals surface area contributed by atoms with E-state index in [1.165, 1.54) is 23.1 Å². The molecule has 1 aliphatic heterocycles. The minimum atomic E-state index is -0.786. The van der Waals surface area contributed by atoms with Gasteiger partial charge in [-0.05, 0) is 48.4 Å². The Morgan fingerprint density at radius 3 is 2.39 bits per heavy atom. The molecule has 0 radical (unpaired) electrons. The van der Waals surface area contributed by atoms with Crippen molar-refractivity contribution in [2.24, 2.45) is 0 Å². The molecule has 1 saturated heterocycles. The number of hydrogen-bond acceptors (Lipinski definition) is 4. The molecule has 0 unspecified atom stereocenters. The maximum absolute atomic E-state index is 14.0. The highest BCUT2D eigenvalue weighted by Gasteiger charge is 2.40. The number of benzene rings is 3. The summed E-state index contributed by atoms with van der Waals surface area (Å²) in [6.07, 6.45) is 0.390. The van der Waals surface area contributed by atoms with Gasteiger partial charge < -0.3 is 5.32 Å². The van der Waals surface area contributed by atoms with Crippen LogP contribution in [0.1, 0.15) is 5.56 Å². The first-order chi connectivity index (χ1) is 16.0. The van der Waals surface area contributed by atoms with Crippen LogP contribution in [0.15, 0.2) is 89.5 Å². The van der Waals surface area contributed by atoms with E-state index in [-0.39, 0.29) is 22.2 Å².